The first-order valence-electron chi connectivity index (χ1n) is 5.81. The van der Waals surface area contributed by atoms with E-state index in [1.165, 1.54) is 12.1 Å². The maximum Gasteiger partial charge on any atom is 0.167 e. The van der Waals surface area contributed by atoms with E-state index in [9.17, 15) is 9.30 Å². The molecule has 0 saturated heterocycles. The Labute approximate surface area is 108 Å². The minimum atomic E-state index is -0.620. The van der Waals surface area contributed by atoms with Gasteiger partial charge in [-0.2, -0.15) is 5.10 Å². The van der Waals surface area contributed by atoms with Crippen molar-refractivity contribution in [1.29, 1.82) is 0 Å². The fourth-order valence-electron chi connectivity index (χ4n) is 2.00. The summed E-state index contributed by atoms with van der Waals surface area (Å²) in [6, 6.07) is 3.84. The maximum absolute atomic E-state index is 13.7. The summed E-state index contributed by atoms with van der Waals surface area (Å²) < 4.78 is 19.3. The van der Waals surface area contributed by atoms with Gasteiger partial charge in [-0.1, -0.05) is 6.08 Å². The molecule has 0 bridgehead atoms. The van der Waals surface area contributed by atoms with Crippen LogP contribution in [-0.2, 0) is 0 Å². The molecule has 0 saturated carbocycles. The predicted molar refractivity (Wildman–Crippen MR) is 68.5 cm³/mol. The van der Waals surface area contributed by atoms with Crippen molar-refractivity contribution in [2.45, 2.75) is 6.42 Å². The minimum Gasteiger partial charge on any atom is -0.452 e. The summed E-state index contributed by atoms with van der Waals surface area (Å²) in [6.45, 7) is 0.795. The van der Waals surface area contributed by atoms with Crippen LogP contribution in [0.25, 0.3) is 0 Å². The second-order valence-corrected chi connectivity index (χ2v) is 4.10. The lowest BCUT2D eigenvalue weighted by Gasteiger charge is -2.21. The van der Waals surface area contributed by atoms with E-state index in [-0.39, 0.29) is 11.4 Å². The van der Waals surface area contributed by atoms with Gasteiger partial charge in [0.2, 0.25) is 0 Å². The highest BCUT2D eigenvalue weighted by atomic mass is 19.1. The van der Waals surface area contributed by atoms with Crippen LogP contribution in [0.3, 0.4) is 0 Å². The Hall–Kier alpha value is -2.50. The molecule has 0 amide bonds. The van der Waals surface area contributed by atoms with Crippen LogP contribution < -0.4 is 4.74 Å². The number of nitroso groups, excluding NO2 is 1. The van der Waals surface area contributed by atoms with Crippen molar-refractivity contribution in [1.82, 2.24) is 5.01 Å². The second kappa shape index (κ2) is 4.64. The molecule has 0 aliphatic carbocycles. The summed E-state index contributed by atoms with van der Waals surface area (Å²) in [5.74, 6) is -0.0226. The number of allylic oxidation sites excluding steroid dienone is 1. The normalized spacial score (nSPS) is 16.8. The van der Waals surface area contributed by atoms with E-state index >= 15 is 0 Å². The Morgan fingerprint density at radius 1 is 1.42 bits per heavy atom. The monoisotopic (exact) mass is 259 g/mol. The number of hydrogen-bond acceptors (Lipinski definition) is 5. The number of hydrazone groups is 1. The van der Waals surface area contributed by atoms with Gasteiger partial charge in [-0.05, 0) is 23.7 Å². The molecule has 2 aliphatic rings. The summed E-state index contributed by atoms with van der Waals surface area (Å²) in [6.07, 6.45) is 6.15. The van der Waals surface area contributed by atoms with E-state index < -0.39 is 5.82 Å². The Kier molecular flexibility index (Phi) is 2.83. The Bertz CT molecular complexity index is 622. The highest BCUT2D eigenvalue weighted by Crippen LogP contribution is 2.30. The lowest BCUT2D eigenvalue weighted by Crippen LogP contribution is -2.19. The summed E-state index contributed by atoms with van der Waals surface area (Å²) >= 11 is 0. The first-order chi connectivity index (χ1) is 9.28. The number of nitrogens with zero attached hydrogens (tertiary/aromatic N) is 3. The predicted octanol–water partition coefficient (Wildman–Crippen LogP) is 3.08. The number of hydrogen-bond donors (Lipinski definition) is 0. The van der Waals surface area contributed by atoms with Crippen LogP contribution in [0.1, 0.15) is 6.42 Å². The molecule has 0 atom stereocenters. The average molecular weight is 259 g/mol. The SMILES string of the molecule is O=Nc1ccc(OC2=CC=NN3CCC=C23)c(F)c1. The number of rotatable bonds is 3. The van der Waals surface area contributed by atoms with Crippen LogP contribution in [0.5, 0.6) is 5.75 Å². The fourth-order valence-corrected chi connectivity index (χ4v) is 2.00. The molecule has 96 valence electrons. The number of ether oxygens (including phenoxy) is 1. The zero-order valence-corrected chi connectivity index (χ0v) is 9.91. The molecule has 2 heterocycles. The molecule has 3 rings (SSSR count). The van der Waals surface area contributed by atoms with Gasteiger partial charge in [0.05, 0.1) is 11.9 Å². The molecule has 0 spiro atoms. The number of halogens is 1. The van der Waals surface area contributed by atoms with Gasteiger partial charge in [-0.15, -0.1) is 4.91 Å². The van der Waals surface area contributed by atoms with E-state index in [4.69, 9.17) is 4.74 Å². The molecule has 19 heavy (non-hydrogen) atoms. The third-order valence-electron chi connectivity index (χ3n) is 2.88. The lowest BCUT2D eigenvalue weighted by molar-refractivity contribution is 0.335. The molecule has 6 heteroatoms. The van der Waals surface area contributed by atoms with Crippen molar-refractivity contribution in [2.75, 3.05) is 6.54 Å². The fraction of sp³-hybridized carbons (Fsp3) is 0.154. The van der Waals surface area contributed by atoms with E-state index in [1.807, 2.05) is 6.08 Å². The highest BCUT2D eigenvalue weighted by molar-refractivity contribution is 5.74. The van der Waals surface area contributed by atoms with Crippen LogP contribution in [0.4, 0.5) is 10.1 Å². The standard InChI is InChI=1S/C13H10FN3O2/c14-10-8-9(16-18)3-4-12(10)19-13-5-6-15-17-7-1-2-11(13)17/h2-6,8H,1,7H2. The first-order valence-corrected chi connectivity index (χ1v) is 5.81. The Morgan fingerprint density at radius 3 is 3.11 bits per heavy atom. The zero-order chi connectivity index (χ0) is 13.2. The van der Waals surface area contributed by atoms with E-state index in [2.05, 4.69) is 10.3 Å². The van der Waals surface area contributed by atoms with Gasteiger partial charge < -0.3 is 4.74 Å². The number of fused-ring (bicyclic) bond motifs is 1. The minimum absolute atomic E-state index is 0.0331. The van der Waals surface area contributed by atoms with Gasteiger partial charge in [-0.3, -0.25) is 5.01 Å². The van der Waals surface area contributed by atoms with E-state index in [0.717, 1.165) is 24.7 Å². The molecule has 1 aromatic carbocycles. The van der Waals surface area contributed by atoms with Crippen LogP contribution in [0.2, 0.25) is 0 Å². The van der Waals surface area contributed by atoms with Crippen molar-refractivity contribution in [3.05, 3.63) is 52.5 Å². The third kappa shape index (κ3) is 2.12. The molecule has 5 nitrogen and oxygen atoms in total. The van der Waals surface area contributed by atoms with Crippen molar-refractivity contribution >= 4 is 11.9 Å². The van der Waals surface area contributed by atoms with Crippen LogP contribution in [-0.4, -0.2) is 17.8 Å². The van der Waals surface area contributed by atoms with Gasteiger partial charge in [0.25, 0.3) is 0 Å². The summed E-state index contributed by atoms with van der Waals surface area (Å²) in [7, 11) is 0. The second-order valence-electron chi connectivity index (χ2n) is 4.10. The van der Waals surface area contributed by atoms with E-state index in [0.29, 0.717) is 5.76 Å². The number of benzene rings is 1. The molecule has 0 fully saturated rings. The molecular formula is C13H10FN3O2. The molecule has 0 radical (unpaired) electrons. The van der Waals surface area contributed by atoms with E-state index in [1.54, 1.807) is 17.3 Å². The van der Waals surface area contributed by atoms with Gasteiger partial charge in [-0.25, -0.2) is 4.39 Å². The molecule has 0 unspecified atom stereocenters. The average Bonchev–Trinajstić information content (AvgIpc) is 2.90. The van der Waals surface area contributed by atoms with Gasteiger partial charge in [0, 0.05) is 18.7 Å². The molecular weight excluding hydrogens is 249 g/mol. The summed E-state index contributed by atoms with van der Waals surface area (Å²) in [5.41, 5.74) is 0.866. The van der Waals surface area contributed by atoms with Crippen molar-refractivity contribution in [3.63, 3.8) is 0 Å². The highest BCUT2D eigenvalue weighted by Gasteiger charge is 2.22. The molecule has 0 N–H and O–H groups in total. The van der Waals surface area contributed by atoms with Gasteiger partial charge in [0.15, 0.2) is 17.3 Å². The quantitative estimate of drug-likeness (QED) is 0.784. The molecule has 1 aromatic rings. The molecule has 0 aromatic heterocycles. The maximum atomic E-state index is 13.7. The van der Waals surface area contributed by atoms with Crippen LogP contribution >= 0.6 is 0 Å². The van der Waals surface area contributed by atoms with Crippen molar-refractivity contribution < 1.29 is 9.13 Å². The zero-order valence-electron chi connectivity index (χ0n) is 9.91. The summed E-state index contributed by atoms with van der Waals surface area (Å²) in [4.78, 5) is 10.3. The van der Waals surface area contributed by atoms with Crippen LogP contribution in [0, 0.1) is 10.7 Å². The van der Waals surface area contributed by atoms with Crippen molar-refractivity contribution in [3.8, 4) is 5.75 Å². The lowest BCUT2D eigenvalue weighted by atomic mass is 10.2. The third-order valence-corrected chi connectivity index (χ3v) is 2.88. The summed E-state index contributed by atoms with van der Waals surface area (Å²) in [5, 5.41) is 8.64. The Balaban J connectivity index is 1.87. The van der Waals surface area contributed by atoms with Gasteiger partial charge in [0.1, 0.15) is 5.69 Å². The first kappa shape index (κ1) is 11.6. The van der Waals surface area contributed by atoms with Gasteiger partial charge >= 0.3 is 0 Å². The topological polar surface area (TPSA) is 54.3 Å². The smallest absolute Gasteiger partial charge is 0.167 e. The molecule has 2 aliphatic heterocycles. The van der Waals surface area contributed by atoms with Crippen LogP contribution in [0.15, 0.2) is 52.1 Å². The van der Waals surface area contributed by atoms with Crippen molar-refractivity contribution in [2.24, 2.45) is 10.3 Å². The largest absolute Gasteiger partial charge is 0.452 e. The Morgan fingerprint density at radius 2 is 2.32 bits per heavy atom.